The van der Waals surface area contributed by atoms with Gasteiger partial charge in [-0.3, -0.25) is 25.2 Å². The van der Waals surface area contributed by atoms with E-state index in [0.29, 0.717) is 17.3 Å². The van der Waals surface area contributed by atoms with Crippen LogP contribution in [0, 0.1) is 13.8 Å². The third kappa shape index (κ3) is 6.10. The third-order valence-electron chi connectivity index (χ3n) is 3.71. The van der Waals surface area contributed by atoms with Crippen molar-refractivity contribution in [2.75, 3.05) is 6.26 Å². The number of aryl methyl sites for hydroxylation is 2. The predicted molar refractivity (Wildman–Crippen MR) is 98.4 cm³/mol. The van der Waals surface area contributed by atoms with Gasteiger partial charge in [-0.1, -0.05) is 11.8 Å². The van der Waals surface area contributed by atoms with Crippen molar-refractivity contribution in [2.24, 2.45) is 0 Å². The monoisotopic (exact) mass is 391 g/mol. The van der Waals surface area contributed by atoms with Crippen molar-refractivity contribution in [1.29, 1.82) is 0 Å². The van der Waals surface area contributed by atoms with Crippen LogP contribution in [0.4, 0.5) is 0 Å². The Balaban J connectivity index is 1.75. The van der Waals surface area contributed by atoms with Crippen molar-refractivity contribution < 1.29 is 18.8 Å². The molecule has 144 valence electrons. The van der Waals surface area contributed by atoms with E-state index in [0.717, 1.165) is 17.0 Å². The van der Waals surface area contributed by atoms with Gasteiger partial charge in [-0.2, -0.15) is 0 Å². The molecule has 2 heterocycles. The highest BCUT2D eigenvalue weighted by atomic mass is 32.2. The summed E-state index contributed by atoms with van der Waals surface area (Å²) >= 11 is 1.45. The molecule has 0 aliphatic carbocycles. The molecule has 10 heteroatoms. The average Bonchev–Trinajstić information content (AvgIpc) is 3.16. The molecule has 0 unspecified atom stereocenters. The van der Waals surface area contributed by atoms with Crippen LogP contribution >= 0.6 is 11.8 Å². The zero-order chi connectivity index (χ0) is 19.8. The maximum atomic E-state index is 11.9. The molecule has 0 aliphatic rings. The lowest BCUT2D eigenvalue weighted by Gasteiger charge is -2.10. The lowest BCUT2D eigenvalue weighted by atomic mass is 10.1. The normalized spacial score (nSPS) is 10.3. The molecule has 0 spiro atoms. The maximum Gasteiger partial charge on any atom is 0.327 e. The predicted octanol–water partition coefficient (Wildman–Crippen LogP) is 0.805. The highest BCUT2D eigenvalue weighted by Gasteiger charge is 2.15. The number of amides is 3. The molecule has 0 saturated heterocycles. The first-order valence-electron chi connectivity index (χ1n) is 8.18. The standard InChI is InChI=1S/C17H21N5O4S/c1-10-13(11(2)20-17(19-10)27-3)6-7-14(23)21-22-16(25)15(24)18-9-12-5-4-8-26-12/h4-5,8H,6-7,9H2,1-3H3,(H,18,24)(H,21,23)(H,22,25). The van der Waals surface area contributed by atoms with Crippen molar-refractivity contribution in [3.63, 3.8) is 0 Å². The lowest BCUT2D eigenvalue weighted by Crippen LogP contribution is -2.48. The Bertz CT molecular complexity index is 800. The summed E-state index contributed by atoms with van der Waals surface area (Å²) in [5.41, 5.74) is 6.84. The Morgan fingerprint density at radius 2 is 1.81 bits per heavy atom. The fourth-order valence-electron chi connectivity index (χ4n) is 2.31. The van der Waals surface area contributed by atoms with Crippen molar-refractivity contribution >= 4 is 29.5 Å². The Morgan fingerprint density at radius 3 is 2.41 bits per heavy atom. The first-order chi connectivity index (χ1) is 12.9. The summed E-state index contributed by atoms with van der Waals surface area (Å²) in [5, 5.41) is 3.06. The van der Waals surface area contributed by atoms with Gasteiger partial charge >= 0.3 is 11.8 Å². The van der Waals surface area contributed by atoms with Gasteiger partial charge in [0.05, 0.1) is 12.8 Å². The van der Waals surface area contributed by atoms with Crippen LogP contribution in [0.5, 0.6) is 0 Å². The van der Waals surface area contributed by atoms with Crippen LogP contribution in [0.3, 0.4) is 0 Å². The van der Waals surface area contributed by atoms with Crippen LogP contribution in [-0.4, -0.2) is 33.9 Å². The van der Waals surface area contributed by atoms with Crippen LogP contribution in [0.25, 0.3) is 0 Å². The number of hydrogen-bond acceptors (Lipinski definition) is 7. The van der Waals surface area contributed by atoms with E-state index in [-0.39, 0.29) is 13.0 Å². The third-order valence-corrected chi connectivity index (χ3v) is 4.26. The Morgan fingerprint density at radius 1 is 1.11 bits per heavy atom. The summed E-state index contributed by atoms with van der Waals surface area (Å²) in [6, 6.07) is 3.34. The molecule has 2 rings (SSSR count). The summed E-state index contributed by atoms with van der Waals surface area (Å²) in [7, 11) is 0. The average molecular weight is 391 g/mol. The molecule has 0 fully saturated rings. The van der Waals surface area contributed by atoms with E-state index in [2.05, 4.69) is 26.1 Å². The van der Waals surface area contributed by atoms with Crippen LogP contribution in [-0.2, 0) is 27.3 Å². The van der Waals surface area contributed by atoms with Gasteiger partial charge < -0.3 is 9.73 Å². The van der Waals surface area contributed by atoms with Gasteiger partial charge in [0, 0.05) is 17.8 Å². The second-order valence-corrected chi connectivity index (χ2v) is 6.40. The summed E-state index contributed by atoms with van der Waals surface area (Å²) in [6.07, 6.45) is 3.91. The zero-order valence-electron chi connectivity index (χ0n) is 15.3. The van der Waals surface area contributed by atoms with Gasteiger partial charge in [0.15, 0.2) is 5.16 Å². The molecular formula is C17H21N5O4S. The van der Waals surface area contributed by atoms with Crippen molar-refractivity contribution in [1.82, 2.24) is 26.1 Å². The Hall–Kier alpha value is -2.88. The van der Waals surface area contributed by atoms with Gasteiger partial charge in [-0.25, -0.2) is 9.97 Å². The van der Waals surface area contributed by atoms with Crippen molar-refractivity contribution in [3.8, 4) is 0 Å². The van der Waals surface area contributed by atoms with Gasteiger partial charge in [0.25, 0.3) is 0 Å². The van der Waals surface area contributed by atoms with E-state index >= 15 is 0 Å². The number of hydrazine groups is 1. The van der Waals surface area contributed by atoms with Gasteiger partial charge in [0.2, 0.25) is 5.91 Å². The molecule has 9 nitrogen and oxygen atoms in total. The van der Waals surface area contributed by atoms with Gasteiger partial charge in [0.1, 0.15) is 5.76 Å². The summed E-state index contributed by atoms with van der Waals surface area (Å²) in [6.45, 7) is 3.82. The minimum atomic E-state index is -0.963. The zero-order valence-corrected chi connectivity index (χ0v) is 16.1. The Kier molecular flexibility index (Phi) is 7.35. The molecule has 3 N–H and O–H groups in total. The number of carbonyl (C=O) groups excluding carboxylic acids is 3. The number of hydrogen-bond donors (Lipinski definition) is 3. The fraction of sp³-hybridized carbons (Fsp3) is 0.353. The molecule has 3 amide bonds. The quantitative estimate of drug-likeness (QED) is 0.288. The molecular weight excluding hydrogens is 370 g/mol. The first kappa shape index (κ1) is 20.4. The first-order valence-corrected chi connectivity index (χ1v) is 9.40. The van der Waals surface area contributed by atoms with E-state index in [1.54, 1.807) is 12.1 Å². The molecule has 0 aromatic carbocycles. The molecule has 0 bridgehead atoms. The van der Waals surface area contributed by atoms with E-state index in [1.165, 1.54) is 18.0 Å². The van der Waals surface area contributed by atoms with Crippen LogP contribution < -0.4 is 16.2 Å². The molecule has 0 radical (unpaired) electrons. The molecule has 0 atom stereocenters. The van der Waals surface area contributed by atoms with Crippen molar-refractivity contribution in [2.45, 2.75) is 38.4 Å². The number of rotatable bonds is 6. The second-order valence-electron chi connectivity index (χ2n) is 5.62. The highest BCUT2D eigenvalue weighted by Crippen LogP contribution is 2.16. The minimum absolute atomic E-state index is 0.0811. The van der Waals surface area contributed by atoms with Crippen molar-refractivity contribution in [3.05, 3.63) is 41.1 Å². The second kappa shape index (κ2) is 9.72. The molecule has 0 saturated carbocycles. The van der Waals surface area contributed by atoms with E-state index < -0.39 is 17.7 Å². The van der Waals surface area contributed by atoms with Gasteiger partial charge in [-0.05, 0) is 44.2 Å². The number of thioether (sulfide) groups is 1. The van der Waals surface area contributed by atoms with Crippen LogP contribution in [0.1, 0.15) is 29.1 Å². The number of nitrogens with zero attached hydrogens (tertiary/aromatic N) is 2. The summed E-state index contributed by atoms with van der Waals surface area (Å²) in [4.78, 5) is 43.9. The minimum Gasteiger partial charge on any atom is -0.467 e. The molecule has 2 aromatic rings. The van der Waals surface area contributed by atoms with Crippen LogP contribution in [0.15, 0.2) is 28.0 Å². The SMILES string of the molecule is CSc1nc(C)c(CCC(=O)NNC(=O)C(=O)NCc2ccco2)c(C)n1. The molecule has 2 aromatic heterocycles. The van der Waals surface area contributed by atoms with Gasteiger partial charge in [-0.15, -0.1) is 0 Å². The number of furan rings is 1. The largest absolute Gasteiger partial charge is 0.467 e. The molecule has 27 heavy (non-hydrogen) atoms. The molecule has 0 aliphatic heterocycles. The Labute approximate surface area is 160 Å². The van der Waals surface area contributed by atoms with E-state index in [9.17, 15) is 14.4 Å². The number of carbonyl (C=O) groups is 3. The maximum absolute atomic E-state index is 11.9. The van der Waals surface area contributed by atoms with Crippen LogP contribution in [0.2, 0.25) is 0 Å². The number of aromatic nitrogens is 2. The smallest absolute Gasteiger partial charge is 0.327 e. The lowest BCUT2D eigenvalue weighted by molar-refractivity contribution is -0.141. The summed E-state index contributed by atoms with van der Waals surface area (Å²) in [5.74, 6) is -1.75. The topological polar surface area (TPSA) is 126 Å². The van der Waals surface area contributed by atoms with E-state index in [1.807, 2.05) is 20.1 Å². The fourth-order valence-corrected chi connectivity index (χ4v) is 2.76. The highest BCUT2D eigenvalue weighted by molar-refractivity contribution is 7.98. The number of nitrogens with one attached hydrogen (secondary N) is 3. The summed E-state index contributed by atoms with van der Waals surface area (Å²) < 4.78 is 5.04. The van der Waals surface area contributed by atoms with E-state index in [4.69, 9.17) is 4.42 Å².